The SMILES string of the molecule is Cc1ccc(C)c(NC(=O)COC(=O)c2cccc(N3C(=O)[C@@H]4[C@H]5CC[C@@H](C5)[C@H]4C3=O)c2)c1. The molecule has 0 aromatic heterocycles. The van der Waals surface area contributed by atoms with E-state index in [0.717, 1.165) is 30.4 Å². The Morgan fingerprint density at radius 3 is 2.39 bits per heavy atom. The van der Waals surface area contributed by atoms with Gasteiger partial charge < -0.3 is 10.1 Å². The van der Waals surface area contributed by atoms with Crippen LogP contribution in [0.3, 0.4) is 0 Å². The number of hydrogen-bond acceptors (Lipinski definition) is 5. The Bertz CT molecular complexity index is 1150. The predicted molar refractivity (Wildman–Crippen MR) is 122 cm³/mol. The average molecular weight is 447 g/mol. The number of benzene rings is 2. The maximum atomic E-state index is 13.0. The summed E-state index contributed by atoms with van der Waals surface area (Å²) in [4.78, 5) is 52.2. The van der Waals surface area contributed by atoms with Crippen LogP contribution in [-0.2, 0) is 19.1 Å². The number of carbonyl (C=O) groups is 4. The van der Waals surface area contributed by atoms with Crippen LogP contribution in [0, 0.1) is 37.5 Å². The van der Waals surface area contributed by atoms with Crippen LogP contribution in [0.4, 0.5) is 11.4 Å². The molecule has 0 unspecified atom stereocenters. The Balaban J connectivity index is 1.25. The number of fused-ring (bicyclic) bond motifs is 5. The summed E-state index contributed by atoms with van der Waals surface area (Å²) in [5.41, 5.74) is 3.16. The van der Waals surface area contributed by atoms with Crippen LogP contribution in [0.15, 0.2) is 42.5 Å². The number of rotatable bonds is 5. The van der Waals surface area contributed by atoms with Gasteiger partial charge in [-0.05, 0) is 80.3 Å². The molecule has 170 valence electrons. The van der Waals surface area contributed by atoms with Gasteiger partial charge in [-0.1, -0.05) is 18.2 Å². The fraction of sp³-hybridized carbons (Fsp3) is 0.385. The van der Waals surface area contributed by atoms with Gasteiger partial charge in [0.2, 0.25) is 11.8 Å². The van der Waals surface area contributed by atoms with Crippen LogP contribution in [0.1, 0.15) is 40.7 Å². The van der Waals surface area contributed by atoms with Gasteiger partial charge in [0.05, 0.1) is 23.1 Å². The van der Waals surface area contributed by atoms with E-state index in [2.05, 4.69) is 5.32 Å². The predicted octanol–water partition coefficient (Wildman–Crippen LogP) is 3.63. The van der Waals surface area contributed by atoms with Crippen molar-refractivity contribution in [2.75, 3.05) is 16.8 Å². The maximum absolute atomic E-state index is 13.0. The largest absolute Gasteiger partial charge is 0.452 e. The summed E-state index contributed by atoms with van der Waals surface area (Å²) < 4.78 is 5.18. The van der Waals surface area contributed by atoms with Gasteiger partial charge in [0, 0.05) is 5.69 Å². The lowest BCUT2D eigenvalue weighted by Gasteiger charge is -2.19. The van der Waals surface area contributed by atoms with Crippen molar-refractivity contribution in [3.63, 3.8) is 0 Å². The summed E-state index contributed by atoms with van der Waals surface area (Å²) in [7, 11) is 0. The molecule has 2 bridgehead atoms. The number of anilines is 2. The molecule has 3 aliphatic rings. The molecule has 1 aliphatic heterocycles. The van der Waals surface area contributed by atoms with Crippen LogP contribution >= 0.6 is 0 Å². The molecule has 2 aromatic carbocycles. The zero-order chi connectivity index (χ0) is 23.3. The third kappa shape index (κ3) is 3.71. The minimum Gasteiger partial charge on any atom is -0.452 e. The summed E-state index contributed by atoms with van der Waals surface area (Å²) in [5.74, 6) is -1.29. The number of hydrogen-bond donors (Lipinski definition) is 1. The number of ether oxygens (including phenoxy) is 1. The van der Waals surface area contributed by atoms with Crippen molar-refractivity contribution in [1.29, 1.82) is 0 Å². The molecule has 4 atom stereocenters. The van der Waals surface area contributed by atoms with Gasteiger partial charge in [0.1, 0.15) is 0 Å². The Kier molecular flexibility index (Phi) is 5.27. The van der Waals surface area contributed by atoms with Crippen molar-refractivity contribution in [2.24, 2.45) is 23.7 Å². The number of esters is 1. The molecule has 2 aliphatic carbocycles. The summed E-state index contributed by atoms with van der Waals surface area (Å²) in [5, 5.41) is 2.75. The van der Waals surface area contributed by atoms with Gasteiger partial charge in [-0.3, -0.25) is 19.3 Å². The number of imide groups is 1. The van der Waals surface area contributed by atoms with Gasteiger partial charge in [-0.25, -0.2) is 4.79 Å². The molecule has 1 N–H and O–H groups in total. The van der Waals surface area contributed by atoms with E-state index in [9.17, 15) is 19.2 Å². The summed E-state index contributed by atoms with van der Waals surface area (Å²) >= 11 is 0. The molecule has 0 spiro atoms. The lowest BCUT2D eigenvalue weighted by atomic mass is 9.81. The zero-order valence-electron chi connectivity index (χ0n) is 18.7. The Morgan fingerprint density at radius 1 is 1.00 bits per heavy atom. The standard InChI is InChI=1S/C26H26N2O5/c1-14-6-7-15(2)20(10-14)27-21(29)13-33-26(32)18-4-3-5-19(12-18)28-24(30)22-16-8-9-17(11-16)23(22)25(28)31/h3-7,10,12,16-17,22-23H,8-9,11,13H2,1-2H3,(H,27,29)/t16-,17-,22+,23+/m0/s1. The van der Waals surface area contributed by atoms with E-state index < -0.39 is 18.5 Å². The van der Waals surface area contributed by atoms with Crippen LogP contribution in [0.5, 0.6) is 0 Å². The van der Waals surface area contributed by atoms with Gasteiger partial charge in [0.25, 0.3) is 5.91 Å². The Morgan fingerprint density at radius 2 is 1.70 bits per heavy atom. The molecule has 0 radical (unpaired) electrons. The monoisotopic (exact) mass is 446 g/mol. The van der Waals surface area contributed by atoms with E-state index in [1.54, 1.807) is 18.2 Å². The highest BCUT2D eigenvalue weighted by molar-refractivity contribution is 6.22. The van der Waals surface area contributed by atoms with Crippen LogP contribution in [-0.4, -0.2) is 30.3 Å². The van der Waals surface area contributed by atoms with E-state index in [4.69, 9.17) is 4.74 Å². The van der Waals surface area contributed by atoms with Crippen LogP contribution < -0.4 is 10.2 Å². The third-order valence-electron chi connectivity index (χ3n) is 7.27. The molecular weight excluding hydrogens is 420 g/mol. The number of aryl methyl sites for hydroxylation is 2. The lowest BCUT2D eigenvalue weighted by molar-refractivity contribution is -0.123. The second-order valence-corrected chi connectivity index (χ2v) is 9.39. The minimum atomic E-state index is -0.688. The smallest absolute Gasteiger partial charge is 0.338 e. The van der Waals surface area contributed by atoms with Gasteiger partial charge in [0.15, 0.2) is 6.61 Å². The first-order valence-corrected chi connectivity index (χ1v) is 11.4. The molecule has 33 heavy (non-hydrogen) atoms. The van der Waals surface area contributed by atoms with Crippen molar-refractivity contribution in [3.8, 4) is 0 Å². The second-order valence-electron chi connectivity index (χ2n) is 9.39. The molecule has 1 heterocycles. The van der Waals surface area contributed by atoms with Crippen molar-refractivity contribution in [3.05, 3.63) is 59.2 Å². The molecule has 3 fully saturated rings. The average Bonchev–Trinajstić information content (AvgIpc) is 3.48. The maximum Gasteiger partial charge on any atom is 0.338 e. The van der Waals surface area contributed by atoms with E-state index >= 15 is 0 Å². The number of amides is 3. The van der Waals surface area contributed by atoms with Crippen molar-refractivity contribution in [2.45, 2.75) is 33.1 Å². The first-order valence-electron chi connectivity index (χ1n) is 11.4. The van der Waals surface area contributed by atoms with E-state index in [1.807, 2.05) is 32.0 Å². The Hall–Kier alpha value is -3.48. The third-order valence-corrected chi connectivity index (χ3v) is 7.27. The Labute approximate surface area is 192 Å². The zero-order valence-corrected chi connectivity index (χ0v) is 18.7. The molecule has 3 amide bonds. The minimum absolute atomic E-state index is 0.157. The topological polar surface area (TPSA) is 92.8 Å². The highest BCUT2D eigenvalue weighted by Gasteiger charge is 2.61. The van der Waals surface area contributed by atoms with E-state index in [1.165, 1.54) is 11.0 Å². The second kappa shape index (κ2) is 8.14. The number of carbonyl (C=O) groups excluding carboxylic acids is 4. The highest BCUT2D eigenvalue weighted by Crippen LogP contribution is 2.56. The van der Waals surface area contributed by atoms with Crippen molar-refractivity contribution < 1.29 is 23.9 Å². The van der Waals surface area contributed by atoms with Gasteiger partial charge >= 0.3 is 5.97 Å². The fourth-order valence-corrected chi connectivity index (χ4v) is 5.71. The first kappa shape index (κ1) is 21.4. The summed E-state index contributed by atoms with van der Waals surface area (Å²) in [6.45, 7) is 3.37. The molecule has 7 nitrogen and oxygen atoms in total. The lowest BCUT2D eigenvalue weighted by Crippen LogP contribution is -2.32. The quantitative estimate of drug-likeness (QED) is 0.559. The van der Waals surface area contributed by atoms with Crippen LogP contribution in [0.25, 0.3) is 0 Å². The normalized spacial score (nSPS) is 25.3. The molecule has 5 rings (SSSR count). The van der Waals surface area contributed by atoms with Crippen LogP contribution in [0.2, 0.25) is 0 Å². The van der Waals surface area contributed by atoms with E-state index in [-0.39, 0.29) is 29.2 Å². The molecule has 2 aromatic rings. The summed E-state index contributed by atoms with van der Waals surface area (Å²) in [6.07, 6.45) is 2.99. The number of nitrogens with one attached hydrogen (secondary N) is 1. The molecule has 7 heteroatoms. The highest BCUT2D eigenvalue weighted by atomic mass is 16.5. The van der Waals surface area contributed by atoms with E-state index in [0.29, 0.717) is 23.2 Å². The van der Waals surface area contributed by atoms with Crippen molar-refractivity contribution >= 4 is 35.1 Å². The molecule has 1 saturated heterocycles. The first-order chi connectivity index (χ1) is 15.8. The molecule has 2 saturated carbocycles. The van der Waals surface area contributed by atoms with Gasteiger partial charge in [-0.15, -0.1) is 0 Å². The molecular formula is C26H26N2O5. The van der Waals surface area contributed by atoms with Gasteiger partial charge in [-0.2, -0.15) is 0 Å². The fourth-order valence-electron chi connectivity index (χ4n) is 5.71. The summed E-state index contributed by atoms with van der Waals surface area (Å²) in [6, 6.07) is 12.0. The number of nitrogens with zero attached hydrogens (tertiary/aromatic N) is 1. The van der Waals surface area contributed by atoms with Crippen molar-refractivity contribution in [1.82, 2.24) is 0 Å².